The lowest BCUT2D eigenvalue weighted by Crippen LogP contribution is -2.55. The summed E-state index contributed by atoms with van der Waals surface area (Å²) in [6, 6.07) is 11.4. The first-order valence-electron chi connectivity index (χ1n) is 10.3. The van der Waals surface area contributed by atoms with Crippen molar-refractivity contribution in [2.75, 3.05) is 6.79 Å². The number of ether oxygens (including phenoxy) is 3. The first kappa shape index (κ1) is 19.2. The Kier molecular flexibility index (Phi) is 4.58. The van der Waals surface area contributed by atoms with Crippen LogP contribution in [0.4, 0.5) is 4.39 Å². The molecule has 0 radical (unpaired) electrons. The Hall–Kier alpha value is -2.80. The molecule has 2 aromatic carbocycles. The van der Waals surface area contributed by atoms with Crippen molar-refractivity contribution >= 4 is 5.91 Å². The summed E-state index contributed by atoms with van der Waals surface area (Å²) in [5, 5.41) is 11.4. The highest BCUT2D eigenvalue weighted by atomic mass is 19.1. The number of para-hydroxylation sites is 1. The van der Waals surface area contributed by atoms with E-state index in [1.165, 1.54) is 12.1 Å². The van der Waals surface area contributed by atoms with Crippen molar-refractivity contribution in [1.29, 1.82) is 0 Å². The van der Waals surface area contributed by atoms with Gasteiger partial charge in [0.05, 0.1) is 5.60 Å². The molecule has 0 unspecified atom stereocenters. The van der Waals surface area contributed by atoms with Gasteiger partial charge in [0, 0.05) is 24.9 Å². The molecule has 2 bridgehead atoms. The van der Waals surface area contributed by atoms with Gasteiger partial charge in [0.1, 0.15) is 0 Å². The van der Waals surface area contributed by atoms with Crippen molar-refractivity contribution in [2.24, 2.45) is 0 Å². The van der Waals surface area contributed by atoms with Crippen molar-refractivity contribution in [3.05, 3.63) is 53.8 Å². The Balaban J connectivity index is 1.33. The standard InChI is InChI=1S/C23H24FNO5/c1-14(30-19-5-3-2-4-18(19)24)22(26)25-16-7-8-17(25)12-23(27,11-16)15-6-9-20-21(10-15)29-13-28-20/h2-6,9-10,14,16-17,27H,7-8,11-13H2,1H3/t14-,16-,17-/m0/s1. The second-order valence-electron chi connectivity index (χ2n) is 8.33. The molecule has 30 heavy (non-hydrogen) atoms. The van der Waals surface area contributed by atoms with Gasteiger partial charge in [-0.2, -0.15) is 0 Å². The Bertz CT molecular complexity index is 966. The molecule has 6 nitrogen and oxygen atoms in total. The third kappa shape index (κ3) is 3.17. The molecule has 3 aliphatic heterocycles. The number of fused-ring (bicyclic) bond motifs is 3. The largest absolute Gasteiger partial charge is 0.478 e. The highest BCUT2D eigenvalue weighted by Gasteiger charge is 2.51. The van der Waals surface area contributed by atoms with Crippen LogP contribution in [-0.4, -0.2) is 40.9 Å². The maximum Gasteiger partial charge on any atom is 0.263 e. The average molecular weight is 413 g/mol. The minimum absolute atomic E-state index is 0.0690. The van der Waals surface area contributed by atoms with Crippen molar-refractivity contribution in [3.8, 4) is 17.2 Å². The van der Waals surface area contributed by atoms with Crippen LogP contribution in [0.15, 0.2) is 42.5 Å². The van der Waals surface area contributed by atoms with Crippen LogP contribution in [0.5, 0.6) is 17.2 Å². The summed E-state index contributed by atoms with van der Waals surface area (Å²) in [5.74, 6) is 0.727. The first-order chi connectivity index (χ1) is 14.4. The molecule has 0 saturated carbocycles. The number of carbonyl (C=O) groups is 1. The van der Waals surface area contributed by atoms with Crippen LogP contribution in [-0.2, 0) is 10.4 Å². The molecule has 3 aliphatic rings. The van der Waals surface area contributed by atoms with Gasteiger partial charge in [-0.3, -0.25) is 4.79 Å². The normalized spacial score (nSPS) is 27.8. The zero-order valence-electron chi connectivity index (χ0n) is 16.7. The van der Waals surface area contributed by atoms with Crippen LogP contribution >= 0.6 is 0 Å². The summed E-state index contributed by atoms with van der Waals surface area (Å²) >= 11 is 0. The molecule has 2 aromatic rings. The highest BCUT2D eigenvalue weighted by Crippen LogP contribution is 2.47. The third-order valence-corrected chi connectivity index (χ3v) is 6.42. The molecule has 1 amide bonds. The number of aliphatic hydroxyl groups is 1. The molecule has 3 heterocycles. The van der Waals surface area contributed by atoms with Gasteiger partial charge in [-0.05, 0) is 49.6 Å². The molecular weight excluding hydrogens is 389 g/mol. The van der Waals surface area contributed by atoms with E-state index in [9.17, 15) is 14.3 Å². The number of carbonyl (C=O) groups excluding carboxylic acids is 1. The molecule has 5 rings (SSSR count). The van der Waals surface area contributed by atoms with E-state index in [2.05, 4.69) is 0 Å². The average Bonchev–Trinajstić information content (AvgIpc) is 3.31. The summed E-state index contributed by atoms with van der Waals surface area (Å²) in [6.07, 6.45) is 1.75. The fraction of sp³-hybridized carbons (Fsp3) is 0.435. The van der Waals surface area contributed by atoms with Gasteiger partial charge in [0.15, 0.2) is 29.2 Å². The van der Waals surface area contributed by atoms with Gasteiger partial charge in [0.2, 0.25) is 6.79 Å². The lowest BCUT2D eigenvalue weighted by atomic mass is 9.80. The van der Waals surface area contributed by atoms with Crippen LogP contribution in [0.1, 0.15) is 38.2 Å². The number of benzene rings is 2. The molecule has 3 atom stereocenters. The number of amides is 1. The van der Waals surface area contributed by atoms with Crippen LogP contribution in [0, 0.1) is 5.82 Å². The fourth-order valence-corrected chi connectivity index (χ4v) is 5.00. The molecule has 0 aliphatic carbocycles. The van der Waals surface area contributed by atoms with E-state index in [4.69, 9.17) is 14.2 Å². The van der Waals surface area contributed by atoms with E-state index < -0.39 is 17.5 Å². The van der Waals surface area contributed by atoms with Crippen molar-refractivity contribution in [3.63, 3.8) is 0 Å². The second-order valence-corrected chi connectivity index (χ2v) is 8.33. The third-order valence-electron chi connectivity index (χ3n) is 6.42. The van der Waals surface area contributed by atoms with Crippen LogP contribution in [0.25, 0.3) is 0 Å². The molecule has 2 saturated heterocycles. The Morgan fingerprint density at radius 1 is 1.17 bits per heavy atom. The zero-order valence-corrected chi connectivity index (χ0v) is 16.7. The van der Waals surface area contributed by atoms with Gasteiger partial charge in [-0.15, -0.1) is 0 Å². The maximum absolute atomic E-state index is 13.9. The smallest absolute Gasteiger partial charge is 0.263 e. The van der Waals surface area contributed by atoms with E-state index >= 15 is 0 Å². The highest BCUT2D eigenvalue weighted by molar-refractivity contribution is 5.82. The topological polar surface area (TPSA) is 68.2 Å². The lowest BCUT2D eigenvalue weighted by molar-refractivity contribution is -0.148. The van der Waals surface area contributed by atoms with Gasteiger partial charge in [-0.25, -0.2) is 4.39 Å². The van der Waals surface area contributed by atoms with E-state index in [0.717, 1.165) is 18.4 Å². The summed E-state index contributed by atoms with van der Waals surface area (Å²) < 4.78 is 30.3. The van der Waals surface area contributed by atoms with Crippen LogP contribution in [0.3, 0.4) is 0 Å². The number of nitrogens with zero attached hydrogens (tertiary/aromatic N) is 1. The minimum atomic E-state index is -1.03. The predicted octanol–water partition coefficient (Wildman–Crippen LogP) is 3.36. The summed E-state index contributed by atoms with van der Waals surface area (Å²) in [7, 11) is 0. The molecular formula is C23H24FNO5. The molecule has 158 valence electrons. The number of hydrogen-bond acceptors (Lipinski definition) is 5. The van der Waals surface area contributed by atoms with Gasteiger partial charge >= 0.3 is 0 Å². The number of piperidine rings is 1. The second kappa shape index (κ2) is 7.16. The van der Waals surface area contributed by atoms with Gasteiger partial charge < -0.3 is 24.2 Å². The molecule has 0 aromatic heterocycles. The lowest BCUT2D eigenvalue weighted by Gasteiger charge is -2.44. The Morgan fingerprint density at radius 2 is 1.87 bits per heavy atom. The number of hydrogen-bond donors (Lipinski definition) is 1. The minimum Gasteiger partial charge on any atom is -0.478 e. The van der Waals surface area contributed by atoms with E-state index in [0.29, 0.717) is 24.3 Å². The molecule has 7 heteroatoms. The SMILES string of the molecule is C[C@H](Oc1ccccc1F)C(=O)N1[C@H]2CC[C@H]1CC(O)(c1ccc3c(c1)OCO3)C2. The molecule has 1 N–H and O–H groups in total. The quantitative estimate of drug-likeness (QED) is 0.833. The predicted molar refractivity (Wildman–Crippen MR) is 106 cm³/mol. The monoisotopic (exact) mass is 413 g/mol. The number of rotatable bonds is 4. The molecule has 2 fully saturated rings. The zero-order chi connectivity index (χ0) is 20.9. The Morgan fingerprint density at radius 3 is 2.60 bits per heavy atom. The first-order valence-corrected chi connectivity index (χ1v) is 10.3. The fourth-order valence-electron chi connectivity index (χ4n) is 5.00. The molecule has 0 spiro atoms. The van der Waals surface area contributed by atoms with Crippen molar-refractivity contribution < 1.29 is 28.5 Å². The van der Waals surface area contributed by atoms with Gasteiger partial charge in [-0.1, -0.05) is 18.2 Å². The van der Waals surface area contributed by atoms with Crippen LogP contribution in [0.2, 0.25) is 0 Å². The van der Waals surface area contributed by atoms with E-state index in [1.807, 2.05) is 23.1 Å². The van der Waals surface area contributed by atoms with Crippen molar-refractivity contribution in [2.45, 2.75) is 56.4 Å². The number of halogens is 1. The summed E-state index contributed by atoms with van der Waals surface area (Å²) in [5.41, 5.74) is -0.245. The summed E-state index contributed by atoms with van der Waals surface area (Å²) in [6.45, 7) is 1.83. The van der Waals surface area contributed by atoms with Crippen molar-refractivity contribution in [1.82, 2.24) is 4.90 Å². The Labute approximate surface area is 174 Å². The van der Waals surface area contributed by atoms with E-state index in [-0.39, 0.29) is 30.5 Å². The van der Waals surface area contributed by atoms with Crippen LogP contribution < -0.4 is 14.2 Å². The van der Waals surface area contributed by atoms with Gasteiger partial charge in [0.25, 0.3) is 5.91 Å². The maximum atomic E-state index is 13.9. The van der Waals surface area contributed by atoms with E-state index in [1.54, 1.807) is 19.1 Å². The summed E-state index contributed by atoms with van der Waals surface area (Å²) in [4.78, 5) is 15.0.